The Morgan fingerprint density at radius 3 is 2.50 bits per heavy atom. The van der Waals surface area contributed by atoms with Crippen LogP contribution in [0.4, 0.5) is 0 Å². The highest BCUT2D eigenvalue weighted by atomic mass is 16.2. The molecule has 0 bridgehead atoms. The van der Waals surface area contributed by atoms with Crippen molar-refractivity contribution in [3.63, 3.8) is 0 Å². The molecule has 1 rings (SSSR count). The summed E-state index contributed by atoms with van der Waals surface area (Å²) in [5.74, 6) is 0.250. The van der Waals surface area contributed by atoms with Gasteiger partial charge in [-0.15, -0.1) is 0 Å². The van der Waals surface area contributed by atoms with E-state index in [1.54, 1.807) is 0 Å². The van der Waals surface area contributed by atoms with Gasteiger partial charge >= 0.3 is 0 Å². The molecule has 106 valence electrons. The summed E-state index contributed by atoms with van der Waals surface area (Å²) in [5, 5.41) is 3.39. The second kappa shape index (κ2) is 6.02. The normalized spacial score (nSPS) is 25.3. The van der Waals surface area contributed by atoms with E-state index in [0.717, 1.165) is 25.9 Å². The molecule has 1 N–H and O–H groups in total. The van der Waals surface area contributed by atoms with Gasteiger partial charge in [-0.1, -0.05) is 27.2 Å². The number of nitrogens with one attached hydrogen (secondary N) is 1. The summed E-state index contributed by atoms with van der Waals surface area (Å²) < 4.78 is 0. The minimum atomic E-state index is -0.0308. The molecule has 0 spiro atoms. The summed E-state index contributed by atoms with van der Waals surface area (Å²) in [6, 6.07) is -0.0308. The average Bonchev–Trinajstić information content (AvgIpc) is 2.44. The van der Waals surface area contributed by atoms with Gasteiger partial charge in [0.05, 0.1) is 12.2 Å². The molecule has 0 aromatic carbocycles. The van der Waals surface area contributed by atoms with Gasteiger partial charge in [-0.25, -0.2) is 0 Å². The summed E-state index contributed by atoms with van der Waals surface area (Å²) >= 11 is 0. The molecule has 1 saturated heterocycles. The Balaban J connectivity index is 2.70. The van der Waals surface area contributed by atoms with Crippen molar-refractivity contribution >= 4 is 5.91 Å². The SMILES string of the molecule is CCCC1NC(C)C(=O)N1CC(C)(C)CN(C)C. The van der Waals surface area contributed by atoms with Crippen molar-refractivity contribution in [1.29, 1.82) is 0 Å². The van der Waals surface area contributed by atoms with Crippen LogP contribution in [0.5, 0.6) is 0 Å². The predicted molar refractivity (Wildman–Crippen MR) is 75.3 cm³/mol. The number of amides is 1. The molecule has 0 radical (unpaired) electrons. The summed E-state index contributed by atoms with van der Waals surface area (Å²) in [4.78, 5) is 16.4. The molecule has 0 saturated carbocycles. The molecule has 1 fully saturated rings. The van der Waals surface area contributed by atoms with Gasteiger partial charge in [0.15, 0.2) is 0 Å². The lowest BCUT2D eigenvalue weighted by atomic mass is 9.92. The van der Waals surface area contributed by atoms with Crippen LogP contribution in [-0.2, 0) is 4.79 Å². The highest BCUT2D eigenvalue weighted by Crippen LogP contribution is 2.23. The lowest BCUT2D eigenvalue weighted by Gasteiger charge is -2.35. The number of rotatable bonds is 6. The average molecular weight is 255 g/mol. The maximum atomic E-state index is 12.2. The van der Waals surface area contributed by atoms with Crippen LogP contribution in [0.25, 0.3) is 0 Å². The zero-order valence-corrected chi connectivity index (χ0v) is 12.8. The van der Waals surface area contributed by atoms with Crippen molar-refractivity contribution in [3.8, 4) is 0 Å². The third kappa shape index (κ3) is 3.95. The fourth-order valence-electron chi connectivity index (χ4n) is 2.92. The number of nitrogens with zero attached hydrogens (tertiary/aromatic N) is 2. The van der Waals surface area contributed by atoms with Crippen LogP contribution in [0.15, 0.2) is 0 Å². The molecule has 1 aliphatic rings. The molecule has 4 heteroatoms. The predicted octanol–water partition coefficient (Wildman–Crippen LogP) is 1.52. The molecular formula is C14H29N3O. The standard InChI is InChI=1S/C14H29N3O/c1-7-8-12-15-11(2)13(18)17(12)10-14(3,4)9-16(5)6/h11-12,15H,7-10H2,1-6H3. The summed E-state index contributed by atoms with van der Waals surface area (Å²) in [7, 11) is 4.16. The largest absolute Gasteiger partial charge is 0.325 e. The highest BCUT2D eigenvalue weighted by Gasteiger charge is 2.38. The third-order valence-corrected chi connectivity index (χ3v) is 3.38. The summed E-state index contributed by atoms with van der Waals surface area (Å²) in [5.41, 5.74) is 0.122. The molecular weight excluding hydrogens is 226 g/mol. The Morgan fingerprint density at radius 1 is 1.39 bits per heavy atom. The van der Waals surface area contributed by atoms with Crippen molar-refractivity contribution in [2.75, 3.05) is 27.2 Å². The maximum Gasteiger partial charge on any atom is 0.240 e. The van der Waals surface area contributed by atoms with Crippen molar-refractivity contribution in [3.05, 3.63) is 0 Å². The topological polar surface area (TPSA) is 35.6 Å². The second-order valence-electron chi connectivity index (χ2n) is 6.56. The molecule has 1 heterocycles. The van der Waals surface area contributed by atoms with Gasteiger partial charge in [-0.3, -0.25) is 10.1 Å². The van der Waals surface area contributed by atoms with Crippen molar-refractivity contribution in [2.45, 2.75) is 52.7 Å². The Labute approximate surface area is 112 Å². The molecule has 2 unspecified atom stereocenters. The first-order valence-corrected chi connectivity index (χ1v) is 6.98. The van der Waals surface area contributed by atoms with Gasteiger partial charge in [0, 0.05) is 13.1 Å². The summed E-state index contributed by atoms with van der Waals surface area (Å²) in [6.45, 7) is 10.4. The minimum absolute atomic E-state index is 0.0308. The Kier molecular flexibility index (Phi) is 5.17. The quantitative estimate of drug-likeness (QED) is 0.781. The van der Waals surface area contributed by atoms with Crippen molar-refractivity contribution in [2.24, 2.45) is 5.41 Å². The number of hydrogen-bond acceptors (Lipinski definition) is 3. The molecule has 18 heavy (non-hydrogen) atoms. The molecule has 0 aromatic rings. The van der Waals surface area contributed by atoms with Gasteiger partial charge in [-0.05, 0) is 32.9 Å². The smallest absolute Gasteiger partial charge is 0.240 e. The number of carbonyl (C=O) groups excluding carboxylic acids is 1. The Bertz CT molecular complexity index is 289. The highest BCUT2D eigenvalue weighted by molar-refractivity contribution is 5.83. The number of carbonyl (C=O) groups is 1. The summed E-state index contributed by atoms with van der Waals surface area (Å²) in [6.07, 6.45) is 2.36. The van der Waals surface area contributed by atoms with E-state index >= 15 is 0 Å². The van der Waals surface area contributed by atoms with E-state index in [2.05, 4.69) is 45.1 Å². The van der Waals surface area contributed by atoms with Crippen LogP contribution in [0.1, 0.15) is 40.5 Å². The fourth-order valence-corrected chi connectivity index (χ4v) is 2.92. The van der Waals surface area contributed by atoms with Crippen LogP contribution in [0.3, 0.4) is 0 Å². The van der Waals surface area contributed by atoms with Crippen molar-refractivity contribution in [1.82, 2.24) is 15.1 Å². The third-order valence-electron chi connectivity index (χ3n) is 3.38. The van der Waals surface area contributed by atoms with E-state index in [0.29, 0.717) is 0 Å². The van der Waals surface area contributed by atoms with Gasteiger partial charge in [-0.2, -0.15) is 0 Å². The first-order valence-electron chi connectivity index (χ1n) is 6.98. The maximum absolute atomic E-state index is 12.2. The number of hydrogen-bond donors (Lipinski definition) is 1. The van der Waals surface area contributed by atoms with Gasteiger partial charge < -0.3 is 9.80 Å². The molecule has 4 nitrogen and oxygen atoms in total. The Hall–Kier alpha value is -0.610. The monoisotopic (exact) mass is 255 g/mol. The Morgan fingerprint density at radius 2 is 2.00 bits per heavy atom. The van der Waals surface area contributed by atoms with Gasteiger partial charge in [0.25, 0.3) is 0 Å². The van der Waals surface area contributed by atoms with E-state index in [-0.39, 0.29) is 23.5 Å². The molecule has 1 amide bonds. The van der Waals surface area contributed by atoms with Crippen LogP contribution in [0.2, 0.25) is 0 Å². The van der Waals surface area contributed by atoms with Crippen LogP contribution < -0.4 is 5.32 Å². The van der Waals surface area contributed by atoms with Crippen LogP contribution in [-0.4, -0.2) is 55.1 Å². The van der Waals surface area contributed by atoms with Gasteiger partial charge in [0.2, 0.25) is 5.91 Å². The molecule has 0 aromatic heterocycles. The van der Waals surface area contributed by atoms with Gasteiger partial charge in [0.1, 0.15) is 0 Å². The fraction of sp³-hybridized carbons (Fsp3) is 0.929. The van der Waals surface area contributed by atoms with E-state index in [4.69, 9.17) is 0 Å². The zero-order valence-electron chi connectivity index (χ0n) is 12.8. The lowest BCUT2D eigenvalue weighted by molar-refractivity contribution is -0.131. The van der Waals surface area contributed by atoms with E-state index < -0.39 is 0 Å². The zero-order chi connectivity index (χ0) is 13.9. The first-order chi connectivity index (χ1) is 8.26. The minimum Gasteiger partial charge on any atom is -0.325 e. The molecule has 2 atom stereocenters. The van der Waals surface area contributed by atoms with Crippen LogP contribution in [0, 0.1) is 5.41 Å². The van der Waals surface area contributed by atoms with E-state index in [9.17, 15) is 4.79 Å². The lowest BCUT2D eigenvalue weighted by Crippen LogP contribution is -2.45. The van der Waals surface area contributed by atoms with E-state index in [1.165, 1.54) is 0 Å². The van der Waals surface area contributed by atoms with Crippen LogP contribution >= 0.6 is 0 Å². The van der Waals surface area contributed by atoms with E-state index in [1.807, 2.05) is 11.8 Å². The first kappa shape index (κ1) is 15.4. The molecule has 1 aliphatic heterocycles. The second-order valence-corrected chi connectivity index (χ2v) is 6.56. The van der Waals surface area contributed by atoms with Crippen molar-refractivity contribution < 1.29 is 4.79 Å². The molecule has 0 aliphatic carbocycles.